The lowest BCUT2D eigenvalue weighted by atomic mass is 10.1. The number of hydrogen-bond acceptors (Lipinski definition) is 7. The Hall–Kier alpha value is -1.42. The van der Waals surface area contributed by atoms with Gasteiger partial charge in [0.1, 0.15) is 5.75 Å². The lowest BCUT2D eigenvalue weighted by Crippen LogP contribution is -2.41. The Bertz CT molecular complexity index is 1090. The van der Waals surface area contributed by atoms with Gasteiger partial charge in [0.15, 0.2) is 12.2 Å². The number of rotatable bonds is 13. The first-order valence-electron chi connectivity index (χ1n) is 11.4. The minimum Gasteiger partial charge on any atom is -0.497 e. The largest absolute Gasteiger partial charge is 0.497 e. The van der Waals surface area contributed by atoms with Gasteiger partial charge < -0.3 is 23.7 Å². The average Bonchev–Trinajstić information content (AvgIpc) is 2.87. The van der Waals surface area contributed by atoms with Gasteiger partial charge in [0.2, 0.25) is 11.8 Å². The van der Waals surface area contributed by atoms with Crippen LogP contribution in [0.25, 0.3) is 0 Å². The summed E-state index contributed by atoms with van der Waals surface area (Å²) in [5.41, 5.74) is 2.55. The van der Waals surface area contributed by atoms with E-state index in [2.05, 4.69) is 0 Å². The maximum atomic E-state index is 8.10. The first-order chi connectivity index (χ1) is 18.3. The van der Waals surface area contributed by atoms with Crippen LogP contribution in [0.3, 0.4) is 0 Å². The quantitative estimate of drug-likeness (QED) is 0.0988. The Balaban J connectivity index is 2.22. The van der Waals surface area contributed by atoms with Gasteiger partial charge in [-0.05, 0) is 41.8 Å². The highest BCUT2D eigenvalue weighted by Gasteiger charge is 2.37. The first kappa shape index (κ1) is 33.8. The fourth-order valence-electron chi connectivity index (χ4n) is 3.08. The van der Waals surface area contributed by atoms with Crippen molar-refractivity contribution in [2.75, 3.05) is 20.3 Å². The molecule has 13 heteroatoms. The molecule has 0 bridgehead atoms. The van der Waals surface area contributed by atoms with Crippen LogP contribution < -0.4 is 4.74 Å². The molecule has 0 radical (unpaired) electrons. The highest BCUT2D eigenvalue weighted by atomic mass is 35.6. The fraction of sp³-hybridized carbons (Fsp3) is 0.385. The molecule has 0 saturated carbocycles. The van der Waals surface area contributed by atoms with Crippen LogP contribution in [0.5, 0.6) is 5.75 Å². The van der Waals surface area contributed by atoms with Crippen LogP contribution in [0.4, 0.5) is 0 Å². The summed E-state index contributed by atoms with van der Waals surface area (Å²) in [6.07, 6.45) is -0.552. The zero-order valence-corrected chi connectivity index (χ0v) is 25.6. The maximum absolute atomic E-state index is 8.10. The minimum absolute atomic E-state index is 0.137. The monoisotopic (exact) mass is 658 g/mol. The van der Waals surface area contributed by atoms with Gasteiger partial charge in [-0.25, -0.2) is 0 Å². The molecule has 0 saturated heterocycles. The number of halogens is 6. The summed E-state index contributed by atoms with van der Waals surface area (Å²) in [4.78, 5) is 0. The molecule has 2 atom stereocenters. The van der Waals surface area contributed by atoms with E-state index in [9.17, 15) is 0 Å². The molecule has 2 aromatic rings. The van der Waals surface area contributed by atoms with Crippen molar-refractivity contribution >= 4 is 81.4 Å². The van der Waals surface area contributed by atoms with Gasteiger partial charge in [0.25, 0.3) is 7.59 Å². The second kappa shape index (κ2) is 16.1. The van der Waals surface area contributed by atoms with E-state index < -0.39 is 31.6 Å². The number of hydrogen-bond donors (Lipinski definition) is 2. The predicted octanol–water partition coefficient (Wildman–Crippen LogP) is 7.84. The summed E-state index contributed by atoms with van der Waals surface area (Å²) in [7, 11) is 1.57. The lowest BCUT2D eigenvalue weighted by molar-refractivity contribution is -0.0156. The Morgan fingerprint density at radius 1 is 0.795 bits per heavy atom. The van der Waals surface area contributed by atoms with E-state index in [0.717, 1.165) is 11.1 Å². The SMILES string of the molecule is COc1ccc(COC[C@H](OC(=N)C(Cl)(Cl)Cl)[C@H](/C=C(\C)COCc2ccccc2)OC(=N)C(Cl)(Cl)Cl)cc1. The third-order valence-corrected chi connectivity index (χ3v) is 6.03. The average molecular weight is 661 g/mol. The van der Waals surface area contributed by atoms with Gasteiger partial charge in [-0.1, -0.05) is 112 Å². The second-order valence-electron chi connectivity index (χ2n) is 8.25. The van der Waals surface area contributed by atoms with Crippen LogP contribution in [-0.4, -0.2) is 51.9 Å². The van der Waals surface area contributed by atoms with Gasteiger partial charge >= 0.3 is 0 Å². The first-order valence-corrected chi connectivity index (χ1v) is 13.7. The topological polar surface area (TPSA) is 93.9 Å². The van der Waals surface area contributed by atoms with E-state index in [1.165, 1.54) is 0 Å². The molecule has 0 spiro atoms. The van der Waals surface area contributed by atoms with Crippen molar-refractivity contribution in [2.24, 2.45) is 0 Å². The fourth-order valence-corrected chi connectivity index (χ4v) is 3.35. The number of ether oxygens (including phenoxy) is 5. The van der Waals surface area contributed by atoms with E-state index in [-0.39, 0.29) is 19.8 Å². The number of nitrogens with one attached hydrogen (secondary N) is 2. The van der Waals surface area contributed by atoms with Crippen molar-refractivity contribution in [3.8, 4) is 5.75 Å². The molecule has 0 aromatic heterocycles. The Kier molecular flexibility index (Phi) is 14.0. The molecule has 7 nitrogen and oxygen atoms in total. The Morgan fingerprint density at radius 2 is 1.33 bits per heavy atom. The van der Waals surface area contributed by atoms with E-state index in [1.54, 1.807) is 32.2 Å². The number of benzene rings is 2. The third kappa shape index (κ3) is 12.7. The van der Waals surface area contributed by atoms with Crippen molar-refractivity contribution in [3.05, 3.63) is 77.4 Å². The summed E-state index contributed by atoms with van der Waals surface area (Å²) in [6, 6.07) is 16.9. The molecule has 0 aliphatic rings. The molecule has 0 aliphatic carbocycles. The van der Waals surface area contributed by atoms with Gasteiger partial charge in [-0.3, -0.25) is 10.8 Å². The minimum atomic E-state index is -2.15. The van der Waals surface area contributed by atoms with Gasteiger partial charge in [0.05, 0.1) is 33.5 Å². The smallest absolute Gasteiger partial charge is 0.265 e. The Labute approximate surface area is 258 Å². The van der Waals surface area contributed by atoms with E-state index >= 15 is 0 Å². The van der Waals surface area contributed by atoms with E-state index in [4.69, 9.17) is 104 Å². The molecule has 0 fully saturated rings. The maximum Gasteiger partial charge on any atom is 0.265 e. The van der Waals surface area contributed by atoms with Crippen LogP contribution in [-0.2, 0) is 32.2 Å². The van der Waals surface area contributed by atoms with Crippen molar-refractivity contribution in [3.63, 3.8) is 0 Å². The molecule has 2 aromatic carbocycles. The number of alkyl halides is 6. The molecule has 0 aliphatic heterocycles. The molecule has 0 amide bonds. The molecule has 214 valence electrons. The molecule has 39 heavy (non-hydrogen) atoms. The number of methoxy groups -OCH3 is 1. The van der Waals surface area contributed by atoms with Gasteiger partial charge in [-0.2, -0.15) is 0 Å². The molecule has 2 N–H and O–H groups in total. The van der Waals surface area contributed by atoms with Crippen molar-refractivity contribution in [1.82, 2.24) is 0 Å². The normalized spacial score (nSPS) is 13.9. The summed E-state index contributed by atoms with van der Waals surface area (Å²) in [5, 5.41) is 16.2. The van der Waals surface area contributed by atoms with Crippen LogP contribution in [0.15, 0.2) is 66.2 Å². The molecular formula is C26H28Cl6N2O5. The molecule has 0 heterocycles. The summed E-state index contributed by atoms with van der Waals surface area (Å²) < 4.78 is 23.8. The van der Waals surface area contributed by atoms with E-state index in [0.29, 0.717) is 17.9 Å². The molecule has 0 unspecified atom stereocenters. The lowest BCUT2D eigenvalue weighted by Gasteiger charge is -2.29. The standard InChI is InChI=1S/C26H28Cl6N2O5/c1-17(13-36-14-18-6-4-3-5-7-18)12-21(38-23(33)25(27,28)29)22(39-24(34)26(30,31)32)16-37-15-19-8-10-20(35-2)11-9-19/h3-12,21-22,33-34H,13-16H2,1-2H3/b17-12+,33-23?,34-24?/t21-,22-/m0/s1. The highest BCUT2D eigenvalue weighted by Crippen LogP contribution is 2.31. The Morgan fingerprint density at radius 3 is 1.90 bits per heavy atom. The van der Waals surface area contributed by atoms with Crippen LogP contribution in [0.2, 0.25) is 0 Å². The predicted molar refractivity (Wildman–Crippen MR) is 158 cm³/mol. The van der Waals surface area contributed by atoms with Crippen molar-refractivity contribution < 1.29 is 23.7 Å². The third-order valence-electron chi connectivity index (χ3n) is 5.00. The van der Waals surface area contributed by atoms with Gasteiger partial charge in [0, 0.05) is 0 Å². The van der Waals surface area contributed by atoms with E-state index in [1.807, 2.05) is 42.5 Å². The summed E-state index contributed by atoms with van der Waals surface area (Å²) >= 11 is 35.1. The molecule has 2 rings (SSSR count). The zero-order chi connectivity index (χ0) is 29.1. The summed E-state index contributed by atoms with van der Waals surface area (Å²) in [6.45, 7) is 2.43. The molecular weight excluding hydrogens is 633 g/mol. The second-order valence-corrected chi connectivity index (χ2v) is 12.8. The van der Waals surface area contributed by atoms with Crippen LogP contribution in [0, 0.1) is 10.8 Å². The summed E-state index contributed by atoms with van der Waals surface area (Å²) in [5.74, 6) is -0.647. The highest BCUT2D eigenvalue weighted by molar-refractivity contribution is 6.76. The van der Waals surface area contributed by atoms with Crippen molar-refractivity contribution in [1.29, 1.82) is 10.8 Å². The zero-order valence-electron chi connectivity index (χ0n) is 21.1. The van der Waals surface area contributed by atoms with Crippen molar-refractivity contribution in [2.45, 2.75) is 39.9 Å². The van der Waals surface area contributed by atoms with Crippen LogP contribution >= 0.6 is 69.6 Å². The van der Waals surface area contributed by atoms with Crippen LogP contribution in [0.1, 0.15) is 18.1 Å². The van der Waals surface area contributed by atoms with Gasteiger partial charge in [-0.15, -0.1) is 0 Å².